The average Bonchev–Trinajstić information content (AvgIpc) is 2.67. The van der Waals surface area contributed by atoms with Gasteiger partial charge >= 0.3 is 5.97 Å². The van der Waals surface area contributed by atoms with E-state index in [2.05, 4.69) is 20.9 Å². The molecule has 1 unspecified atom stereocenters. The third-order valence-electron chi connectivity index (χ3n) is 4.01. The van der Waals surface area contributed by atoms with E-state index in [4.69, 9.17) is 21.3 Å². The zero-order valence-corrected chi connectivity index (χ0v) is 16.9. The number of pyridine rings is 1. The van der Waals surface area contributed by atoms with Crippen LogP contribution in [0.25, 0.3) is 0 Å². The lowest BCUT2D eigenvalue weighted by Gasteiger charge is -2.22. The molecule has 0 radical (unpaired) electrons. The zero-order chi connectivity index (χ0) is 20.7. The summed E-state index contributed by atoms with van der Waals surface area (Å²) in [6.45, 7) is 2.71. The van der Waals surface area contributed by atoms with Crippen LogP contribution in [0.2, 0.25) is 0 Å². The van der Waals surface area contributed by atoms with Crippen LogP contribution < -0.4 is 10.5 Å². The second-order valence-corrected chi connectivity index (χ2v) is 7.18. The Bertz CT molecular complexity index is 874. The number of benzene rings is 1. The molecule has 1 heterocycles. The van der Waals surface area contributed by atoms with Gasteiger partial charge in [-0.1, -0.05) is 28.9 Å². The molecule has 0 spiro atoms. The number of aromatic carboxylic acids is 1. The Kier molecular flexibility index (Phi) is 7.51. The van der Waals surface area contributed by atoms with Gasteiger partial charge in [-0.25, -0.2) is 9.78 Å². The van der Waals surface area contributed by atoms with Crippen molar-refractivity contribution in [3.05, 3.63) is 52.1 Å². The fraction of sp³-hybridized carbons (Fsp3) is 0.263. The molecule has 0 fully saturated rings. The van der Waals surface area contributed by atoms with Gasteiger partial charge in [0, 0.05) is 11.0 Å². The fourth-order valence-electron chi connectivity index (χ4n) is 2.44. The molecule has 8 nitrogen and oxygen atoms in total. The van der Waals surface area contributed by atoms with Crippen LogP contribution in [-0.4, -0.2) is 46.3 Å². The molecule has 2 rings (SSSR count). The minimum Gasteiger partial charge on any atom is -0.492 e. The molecule has 148 valence electrons. The minimum atomic E-state index is -1.05. The molecular weight excluding hydrogens is 426 g/mol. The van der Waals surface area contributed by atoms with Crippen molar-refractivity contribution >= 4 is 39.9 Å². The molecule has 1 atom stereocenters. The molecular formula is C19H22BrN5O3. The number of hydrogen-bond donors (Lipinski definition) is 4. The maximum atomic E-state index is 11.3. The lowest BCUT2D eigenvalue weighted by atomic mass is 10.1. The van der Waals surface area contributed by atoms with E-state index in [9.17, 15) is 9.90 Å². The van der Waals surface area contributed by atoms with Crippen molar-refractivity contribution in [2.75, 3.05) is 18.9 Å². The molecule has 9 heteroatoms. The Morgan fingerprint density at radius 2 is 2.18 bits per heavy atom. The van der Waals surface area contributed by atoms with Gasteiger partial charge in [0.25, 0.3) is 0 Å². The summed E-state index contributed by atoms with van der Waals surface area (Å²) in [5.74, 6) is -0.256. The number of hydrogen-bond acceptors (Lipinski definition) is 6. The summed E-state index contributed by atoms with van der Waals surface area (Å²) in [5, 5.41) is 25.1. The molecule has 5 N–H and O–H groups in total. The quantitative estimate of drug-likeness (QED) is 0.343. The van der Waals surface area contributed by atoms with Crippen LogP contribution in [0.1, 0.15) is 29.4 Å². The third-order valence-corrected chi connectivity index (χ3v) is 4.51. The van der Waals surface area contributed by atoms with E-state index in [1.165, 1.54) is 11.0 Å². The van der Waals surface area contributed by atoms with Gasteiger partial charge in [0.2, 0.25) is 0 Å². The van der Waals surface area contributed by atoms with E-state index >= 15 is 0 Å². The number of carboxylic acid groups (broad SMARTS) is 1. The number of aromatic nitrogens is 1. The van der Waals surface area contributed by atoms with Gasteiger partial charge in [-0.05, 0) is 42.7 Å². The molecule has 1 aromatic heterocycles. The highest BCUT2D eigenvalue weighted by Gasteiger charge is 2.15. The molecule has 2 aromatic rings. The number of halogens is 1. The van der Waals surface area contributed by atoms with Crippen LogP contribution in [0.15, 0.2) is 40.9 Å². The Balaban J connectivity index is 1.92. The van der Waals surface area contributed by atoms with Crippen molar-refractivity contribution in [1.29, 1.82) is 10.8 Å². The van der Waals surface area contributed by atoms with E-state index in [0.717, 1.165) is 6.34 Å². The van der Waals surface area contributed by atoms with Gasteiger partial charge in [-0.3, -0.25) is 10.8 Å². The largest absolute Gasteiger partial charge is 0.492 e. The first-order valence-electron chi connectivity index (χ1n) is 8.56. The maximum absolute atomic E-state index is 11.3. The second kappa shape index (κ2) is 9.84. The second-order valence-electron chi connectivity index (χ2n) is 6.27. The van der Waals surface area contributed by atoms with Crippen LogP contribution in [0, 0.1) is 16.7 Å². The van der Waals surface area contributed by atoms with Gasteiger partial charge in [0.05, 0.1) is 12.9 Å². The SMILES string of the molecule is CC(CCN(C=N)C(=N)c1cccc(N)n1)COc1ccc(Br)cc1C(=O)O. The molecule has 28 heavy (non-hydrogen) atoms. The number of anilines is 1. The zero-order valence-electron chi connectivity index (χ0n) is 15.4. The van der Waals surface area contributed by atoms with E-state index in [1.54, 1.807) is 30.3 Å². The molecule has 1 aromatic carbocycles. The maximum Gasteiger partial charge on any atom is 0.339 e. The number of amidine groups is 1. The van der Waals surface area contributed by atoms with Crippen LogP contribution in [0.3, 0.4) is 0 Å². The monoisotopic (exact) mass is 447 g/mol. The first-order chi connectivity index (χ1) is 13.3. The number of nitrogens with two attached hydrogens (primary N) is 1. The Morgan fingerprint density at radius 3 is 2.82 bits per heavy atom. The van der Waals surface area contributed by atoms with Crippen molar-refractivity contribution in [2.24, 2.45) is 5.92 Å². The van der Waals surface area contributed by atoms with Gasteiger partial charge in [0.15, 0.2) is 5.84 Å². The predicted molar refractivity (Wildman–Crippen MR) is 111 cm³/mol. The van der Waals surface area contributed by atoms with Crippen molar-refractivity contribution in [2.45, 2.75) is 13.3 Å². The molecule has 0 aliphatic carbocycles. The lowest BCUT2D eigenvalue weighted by Crippen LogP contribution is -2.32. The predicted octanol–water partition coefficient (Wildman–Crippen LogP) is 3.46. The first kappa shape index (κ1) is 21.4. The summed E-state index contributed by atoms with van der Waals surface area (Å²) in [6.07, 6.45) is 1.72. The molecule has 0 aliphatic rings. The number of carboxylic acids is 1. The third kappa shape index (κ3) is 5.78. The number of nitrogens with zero attached hydrogens (tertiary/aromatic N) is 2. The van der Waals surface area contributed by atoms with Crippen LogP contribution in [0.4, 0.5) is 5.82 Å². The summed E-state index contributed by atoms with van der Waals surface area (Å²) in [5.41, 5.74) is 6.14. The molecule has 0 aliphatic heterocycles. The summed E-state index contributed by atoms with van der Waals surface area (Å²) in [7, 11) is 0. The van der Waals surface area contributed by atoms with Crippen LogP contribution >= 0.6 is 15.9 Å². The first-order valence-corrected chi connectivity index (χ1v) is 9.35. The van der Waals surface area contributed by atoms with E-state index in [-0.39, 0.29) is 17.3 Å². The standard InChI is InChI=1S/C19H22BrN5O3/c1-12(10-28-16-6-5-13(20)9-14(16)19(26)27)7-8-25(11-21)18(23)15-3-2-4-17(22)24-15/h2-6,9,11-12,21,23H,7-8,10H2,1H3,(H2,22,24)(H,26,27). The van der Waals surface area contributed by atoms with E-state index in [0.29, 0.717) is 41.3 Å². The molecule has 0 bridgehead atoms. The number of ether oxygens (including phenoxy) is 1. The molecule has 0 saturated carbocycles. The van der Waals surface area contributed by atoms with Gasteiger partial charge < -0.3 is 20.5 Å². The number of carbonyl (C=O) groups is 1. The number of rotatable bonds is 9. The lowest BCUT2D eigenvalue weighted by molar-refractivity contribution is 0.0691. The molecule has 0 amide bonds. The summed E-state index contributed by atoms with van der Waals surface area (Å²) in [4.78, 5) is 16.9. The summed E-state index contributed by atoms with van der Waals surface area (Å²) < 4.78 is 6.35. The summed E-state index contributed by atoms with van der Waals surface area (Å²) in [6, 6.07) is 9.86. The number of nitrogen functional groups attached to an aromatic ring is 1. The van der Waals surface area contributed by atoms with Gasteiger partial charge in [-0.2, -0.15) is 0 Å². The normalized spacial score (nSPS) is 11.5. The Morgan fingerprint density at radius 1 is 1.43 bits per heavy atom. The van der Waals surface area contributed by atoms with Gasteiger partial charge in [-0.15, -0.1) is 0 Å². The highest BCUT2D eigenvalue weighted by atomic mass is 79.9. The average molecular weight is 448 g/mol. The van der Waals surface area contributed by atoms with E-state index < -0.39 is 5.97 Å². The fourth-order valence-corrected chi connectivity index (χ4v) is 2.80. The van der Waals surface area contributed by atoms with Crippen LogP contribution in [-0.2, 0) is 0 Å². The minimum absolute atomic E-state index is 0.0781. The van der Waals surface area contributed by atoms with Crippen LogP contribution in [0.5, 0.6) is 5.75 Å². The van der Waals surface area contributed by atoms with Crippen molar-refractivity contribution in [1.82, 2.24) is 9.88 Å². The smallest absolute Gasteiger partial charge is 0.339 e. The topological polar surface area (TPSA) is 136 Å². The van der Waals surface area contributed by atoms with Crippen molar-refractivity contribution in [3.8, 4) is 5.75 Å². The highest BCUT2D eigenvalue weighted by molar-refractivity contribution is 9.10. The van der Waals surface area contributed by atoms with Gasteiger partial charge in [0.1, 0.15) is 22.8 Å². The van der Waals surface area contributed by atoms with Crippen molar-refractivity contribution < 1.29 is 14.6 Å². The molecule has 0 saturated heterocycles. The Hall–Kier alpha value is -2.94. The Labute approximate surface area is 171 Å². The van der Waals surface area contributed by atoms with Crippen molar-refractivity contribution in [3.63, 3.8) is 0 Å². The van der Waals surface area contributed by atoms with E-state index in [1.807, 2.05) is 6.92 Å². The number of nitrogens with one attached hydrogen (secondary N) is 2. The highest BCUT2D eigenvalue weighted by Crippen LogP contribution is 2.24. The summed E-state index contributed by atoms with van der Waals surface area (Å²) >= 11 is 3.25.